The van der Waals surface area contributed by atoms with Crippen LogP contribution in [0.25, 0.3) is 0 Å². The molecular formula is C11H22N+. The van der Waals surface area contributed by atoms with E-state index in [1.165, 1.54) is 44.9 Å². The van der Waals surface area contributed by atoms with Gasteiger partial charge in [0.25, 0.3) is 6.07 Å². The lowest BCUT2D eigenvalue weighted by Gasteiger charge is -1.98. The van der Waals surface area contributed by atoms with Crippen LogP contribution in [-0.2, 0) is 0 Å². The van der Waals surface area contributed by atoms with Crippen LogP contribution in [0, 0.1) is 6.07 Å². The molecule has 0 saturated carbocycles. The molecule has 0 saturated heterocycles. The Bertz CT molecular complexity index is 113. The van der Waals surface area contributed by atoms with Crippen molar-refractivity contribution in [3.05, 3.63) is 0 Å². The van der Waals surface area contributed by atoms with Crippen molar-refractivity contribution in [3.63, 3.8) is 0 Å². The molecule has 0 bridgehead atoms. The normalized spacial score (nSPS) is 9.67. The second-order valence-electron chi connectivity index (χ2n) is 3.40. The number of unbranched alkanes of at least 4 members (excludes halogenated alkanes) is 8. The lowest BCUT2D eigenvalue weighted by atomic mass is 10.1. The van der Waals surface area contributed by atoms with Gasteiger partial charge in [-0.2, -0.15) is 0 Å². The molecule has 0 aliphatic carbocycles. The van der Waals surface area contributed by atoms with E-state index in [1.54, 1.807) is 0 Å². The van der Waals surface area contributed by atoms with Crippen LogP contribution in [0.2, 0.25) is 0 Å². The van der Waals surface area contributed by atoms with Gasteiger partial charge in [-0.05, 0) is 6.42 Å². The van der Waals surface area contributed by atoms with Crippen LogP contribution in [0.1, 0.15) is 64.7 Å². The van der Waals surface area contributed by atoms with E-state index < -0.39 is 0 Å². The van der Waals surface area contributed by atoms with E-state index in [4.69, 9.17) is 5.26 Å². The molecule has 0 aromatic carbocycles. The van der Waals surface area contributed by atoms with Crippen LogP contribution in [-0.4, -0.2) is 0 Å². The molecule has 1 nitrogen and oxygen atoms in total. The zero-order chi connectivity index (χ0) is 9.07. The van der Waals surface area contributed by atoms with Crippen molar-refractivity contribution in [3.8, 4) is 6.07 Å². The lowest BCUT2D eigenvalue weighted by molar-refractivity contribution is -0.0948. The van der Waals surface area contributed by atoms with Crippen LogP contribution >= 0.6 is 0 Å². The topological polar surface area (TPSA) is 23.8 Å². The van der Waals surface area contributed by atoms with Crippen LogP contribution in [0.4, 0.5) is 0 Å². The highest BCUT2D eigenvalue weighted by Crippen LogP contribution is 2.08. The molecule has 0 atom stereocenters. The monoisotopic (exact) mass is 168 g/mol. The molecule has 0 spiro atoms. The zero-order valence-corrected chi connectivity index (χ0v) is 8.36. The predicted molar refractivity (Wildman–Crippen MR) is 52.1 cm³/mol. The molecule has 0 aromatic heterocycles. The van der Waals surface area contributed by atoms with E-state index in [2.05, 4.69) is 13.0 Å². The fourth-order valence-corrected chi connectivity index (χ4v) is 1.35. The molecule has 0 aliphatic heterocycles. The number of rotatable bonds is 8. The molecule has 0 aromatic rings. The maximum Gasteiger partial charge on any atom is 0.270 e. The first-order chi connectivity index (χ1) is 5.91. The van der Waals surface area contributed by atoms with Gasteiger partial charge in [-0.15, -0.1) is 5.26 Å². The minimum absolute atomic E-state index is 0.856. The predicted octanol–water partition coefficient (Wildman–Crippen LogP) is 2.29. The molecule has 0 heterocycles. The van der Waals surface area contributed by atoms with Crippen LogP contribution in [0.3, 0.4) is 0 Å². The molecule has 12 heavy (non-hydrogen) atoms. The summed E-state index contributed by atoms with van der Waals surface area (Å²) in [6, 6.07) is 2.43. The minimum atomic E-state index is 0.856. The number of hydrogen-bond donors (Lipinski definition) is 1. The first-order valence-electron chi connectivity index (χ1n) is 5.31. The van der Waals surface area contributed by atoms with Gasteiger partial charge in [0.1, 0.15) is 0 Å². The van der Waals surface area contributed by atoms with E-state index in [1.807, 2.05) is 0 Å². The van der Waals surface area contributed by atoms with Gasteiger partial charge >= 0.3 is 0 Å². The highest BCUT2D eigenvalue weighted by Gasteiger charge is 1.91. The SMILES string of the molecule is CCCCCCCCCCC#[NH+]. The highest BCUT2D eigenvalue weighted by atomic mass is 14.2. The van der Waals surface area contributed by atoms with Gasteiger partial charge in [0.05, 0.1) is 6.42 Å². The third kappa shape index (κ3) is 9.49. The van der Waals surface area contributed by atoms with Crippen molar-refractivity contribution in [1.29, 1.82) is 0 Å². The Morgan fingerprint density at radius 2 is 1.33 bits per heavy atom. The largest absolute Gasteiger partial charge is 0.270 e. The minimum Gasteiger partial charge on any atom is -0.102 e. The first kappa shape index (κ1) is 11.5. The quantitative estimate of drug-likeness (QED) is 0.538. The number of hydrogen-bond acceptors (Lipinski definition) is 0. The fraction of sp³-hybridized carbons (Fsp3) is 0.909. The zero-order valence-electron chi connectivity index (χ0n) is 8.36. The molecule has 1 N–H and O–H groups in total. The summed E-state index contributed by atoms with van der Waals surface area (Å²) in [6.45, 7) is 2.25. The molecular weight excluding hydrogens is 146 g/mol. The Morgan fingerprint density at radius 3 is 1.83 bits per heavy atom. The highest BCUT2D eigenvalue weighted by molar-refractivity contribution is 4.65. The molecule has 0 unspecified atom stereocenters. The Balaban J connectivity index is 2.78. The summed E-state index contributed by atoms with van der Waals surface area (Å²) in [5.41, 5.74) is 0. The molecule has 0 radical (unpaired) electrons. The molecule has 0 aliphatic rings. The van der Waals surface area contributed by atoms with Gasteiger partial charge < -0.3 is 0 Å². The Hall–Kier alpha value is -0.510. The summed E-state index contributed by atoms with van der Waals surface area (Å²) < 4.78 is 0. The Kier molecular flexibility index (Phi) is 10.0. The summed E-state index contributed by atoms with van der Waals surface area (Å²) >= 11 is 0. The van der Waals surface area contributed by atoms with Crippen molar-refractivity contribution in [2.75, 3.05) is 0 Å². The van der Waals surface area contributed by atoms with Crippen molar-refractivity contribution in [2.24, 2.45) is 0 Å². The fourth-order valence-electron chi connectivity index (χ4n) is 1.35. The van der Waals surface area contributed by atoms with Crippen molar-refractivity contribution < 1.29 is 5.26 Å². The van der Waals surface area contributed by atoms with Crippen molar-refractivity contribution in [2.45, 2.75) is 64.7 Å². The average molecular weight is 168 g/mol. The molecule has 1 heteroatoms. The van der Waals surface area contributed by atoms with Crippen LogP contribution in [0.15, 0.2) is 0 Å². The van der Waals surface area contributed by atoms with Gasteiger partial charge in [-0.1, -0.05) is 51.9 Å². The standard InChI is InChI=1S/C11H21N/c1-2-3-4-5-6-7-8-9-10-11-12/h2-10H2,1H3/p+1. The smallest absolute Gasteiger partial charge is 0.102 e. The summed E-state index contributed by atoms with van der Waals surface area (Å²) in [7, 11) is 0. The van der Waals surface area contributed by atoms with E-state index >= 15 is 0 Å². The van der Waals surface area contributed by atoms with E-state index in [9.17, 15) is 0 Å². The van der Waals surface area contributed by atoms with E-state index in [0.717, 1.165) is 12.8 Å². The average Bonchev–Trinajstić information content (AvgIpc) is 2.10. The maximum absolute atomic E-state index is 6.72. The van der Waals surface area contributed by atoms with Gasteiger partial charge in [-0.3, -0.25) is 0 Å². The van der Waals surface area contributed by atoms with Gasteiger partial charge in [0.2, 0.25) is 0 Å². The molecule has 0 rings (SSSR count). The summed E-state index contributed by atoms with van der Waals surface area (Å²) in [5.74, 6) is 0. The summed E-state index contributed by atoms with van der Waals surface area (Å²) in [5, 5.41) is 6.72. The number of nitrogens with one attached hydrogen (secondary N) is 1. The summed E-state index contributed by atoms with van der Waals surface area (Å²) in [6.07, 6.45) is 11.6. The molecule has 0 amide bonds. The Labute approximate surface area is 76.8 Å². The van der Waals surface area contributed by atoms with E-state index in [0.29, 0.717) is 0 Å². The molecule has 0 fully saturated rings. The van der Waals surface area contributed by atoms with E-state index in [-0.39, 0.29) is 0 Å². The van der Waals surface area contributed by atoms with Crippen molar-refractivity contribution in [1.82, 2.24) is 0 Å². The first-order valence-corrected chi connectivity index (χ1v) is 5.31. The van der Waals surface area contributed by atoms with Gasteiger partial charge in [0.15, 0.2) is 0 Å². The lowest BCUT2D eigenvalue weighted by Crippen LogP contribution is -2.16. The Morgan fingerprint density at radius 1 is 0.833 bits per heavy atom. The summed E-state index contributed by atoms with van der Waals surface area (Å²) in [4.78, 5) is 0. The van der Waals surface area contributed by atoms with Crippen LogP contribution < -0.4 is 5.26 Å². The third-order valence-corrected chi connectivity index (χ3v) is 2.16. The van der Waals surface area contributed by atoms with Crippen LogP contribution in [0.5, 0.6) is 0 Å². The van der Waals surface area contributed by atoms with Gasteiger partial charge in [0, 0.05) is 0 Å². The maximum atomic E-state index is 6.72. The molecule has 70 valence electrons. The second kappa shape index (κ2) is 10.5. The third-order valence-electron chi connectivity index (χ3n) is 2.16. The van der Waals surface area contributed by atoms with Gasteiger partial charge in [-0.25, -0.2) is 0 Å². The second-order valence-corrected chi connectivity index (χ2v) is 3.40. The van der Waals surface area contributed by atoms with Crippen molar-refractivity contribution >= 4 is 0 Å².